The van der Waals surface area contributed by atoms with Gasteiger partial charge in [0.2, 0.25) is 0 Å². The van der Waals surface area contributed by atoms with Gasteiger partial charge >= 0.3 is 0 Å². The number of hydrogen-bond acceptors (Lipinski definition) is 2. The minimum Gasteiger partial charge on any atom is -0.326 e. The molecular weight excluding hydrogens is 256 g/mol. The standard InChI is InChI=1S/C19H38N2/c1-5-7-15-9-10-17(20)18(14-15)21-12-6-8-16(11-13-21)19(2,3)4/h15-18H,5-14,20H2,1-4H3. The Balaban J connectivity index is 1.94. The first kappa shape index (κ1) is 17.3. The number of nitrogens with zero attached hydrogens (tertiary/aromatic N) is 1. The van der Waals surface area contributed by atoms with E-state index >= 15 is 0 Å². The lowest BCUT2D eigenvalue weighted by Crippen LogP contribution is -2.51. The van der Waals surface area contributed by atoms with Crippen molar-refractivity contribution in [2.45, 2.75) is 91.1 Å². The molecule has 4 atom stereocenters. The third kappa shape index (κ3) is 4.69. The summed E-state index contributed by atoms with van der Waals surface area (Å²) in [5, 5.41) is 0. The molecule has 2 heteroatoms. The second kappa shape index (κ2) is 7.46. The highest BCUT2D eigenvalue weighted by Crippen LogP contribution is 2.36. The van der Waals surface area contributed by atoms with Crippen LogP contribution >= 0.6 is 0 Å². The maximum atomic E-state index is 6.50. The predicted molar refractivity (Wildman–Crippen MR) is 92.4 cm³/mol. The summed E-state index contributed by atoms with van der Waals surface area (Å²) in [5.74, 6) is 1.82. The van der Waals surface area contributed by atoms with E-state index in [0.717, 1.165) is 11.8 Å². The molecular formula is C19H38N2. The number of rotatable bonds is 3. The molecule has 0 aromatic carbocycles. The van der Waals surface area contributed by atoms with Crippen LogP contribution in [0.4, 0.5) is 0 Å². The third-order valence-corrected chi connectivity index (χ3v) is 6.13. The Morgan fingerprint density at radius 3 is 2.48 bits per heavy atom. The van der Waals surface area contributed by atoms with Crippen molar-refractivity contribution < 1.29 is 0 Å². The van der Waals surface area contributed by atoms with Gasteiger partial charge in [0.25, 0.3) is 0 Å². The Morgan fingerprint density at radius 1 is 1.05 bits per heavy atom. The minimum atomic E-state index is 0.421. The lowest BCUT2D eigenvalue weighted by molar-refractivity contribution is 0.107. The van der Waals surface area contributed by atoms with Gasteiger partial charge in [0.15, 0.2) is 0 Å². The lowest BCUT2D eigenvalue weighted by atomic mass is 9.76. The molecule has 0 amide bonds. The van der Waals surface area contributed by atoms with Crippen LogP contribution in [0.2, 0.25) is 0 Å². The van der Waals surface area contributed by atoms with Gasteiger partial charge in [-0.25, -0.2) is 0 Å². The highest BCUT2D eigenvalue weighted by Gasteiger charge is 2.34. The summed E-state index contributed by atoms with van der Waals surface area (Å²) in [6.45, 7) is 12.1. The second-order valence-corrected chi connectivity index (χ2v) is 8.73. The van der Waals surface area contributed by atoms with Crippen LogP contribution in [0.5, 0.6) is 0 Å². The van der Waals surface area contributed by atoms with Crippen molar-refractivity contribution in [3.05, 3.63) is 0 Å². The fourth-order valence-electron chi connectivity index (χ4n) is 4.66. The molecule has 0 aromatic heterocycles. The highest BCUT2D eigenvalue weighted by molar-refractivity contribution is 4.91. The first-order valence-electron chi connectivity index (χ1n) is 9.41. The normalized spacial score (nSPS) is 36.4. The molecule has 1 aliphatic heterocycles. The van der Waals surface area contributed by atoms with E-state index in [1.165, 1.54) is 64.5 Å². The van der Waals surface area contributed by atoms with Gasteiger partial charge in [-0.05, 0) is 68.9 Å². The molecule has 0 bridgehead atoms. The monoisotopic (exact) mass is 294 g/mol. The maximum absolute atomic E-state index is 6.50. The van der Waals surface area contributed by atoms with E-state index in [-0.39, 0.29) is 0 Å². The maximum Gasteiger partial charge on any atom is 0.0249 e. The third-order valence-electron chi connectivity index (χ3n) is 6.13. The molecule has 1 saturated carbocycles. The van der Waals surface area contributed by atoms with Crippen LogP contribution < -0.4 is 5.73 Å². The van der Waals surface area contributed by atoms with Crippen molar-refractivity contribution in [2.24, 2.45) is 23.0 Å². The van der Waals surface area contributed by atoms with Crippen LogP contribution in [0.25, 0.3) is 0 Å². The van der Waals surface area contributed by atoms with Crippen LogP contribution in [0.3, 0.4) is 0 Å². The molecule has 2 N–H and O–H groups in total. The molecule has 124 valence electrons. The molecule has 1 heterocycles. The molecule has 2 nitrogen and oxygen atoms in total. The summed E-state index contributed by atoms with van der Waals surface area (Å²) in [4.78, 5) is 2.76. The van der Waals surface area contributed by atoms with Crippen LogP contribution in [0, 0.1) is 17.3 Å². The lowest BCUT2D eigenvalue weighted by Gasteiger charge is -2.41. The Labute approximate surface area is 132 Å². The molecule has 1 aliphatic carbocycles. The summed E-state index contributed by atoms with van der Waals surface area (Å²) in [7, 11) is 0. The largest absolute Gasteiger partial charge is 0.326 e. The van der Waals surface area contributed by atoms with Crippen LogP contribution in [0.1, 0.15) is 79.1 Å². The minimum absolute atomic E-state index is 0.421. The summed E-state index contributed by atoms with van der Waals surface area (Å²) in [6.07, 6.45) is 10.8. The van der Waals surface area contributed by atoms with Gasteiger partial charge in [-0.3, -0.25) is 4.90 Å². The molecule has 2 fully saturated rings. The van der Waals surface area contributed by atoms with E-state index in [4.69, 9.17) is 5.73 Å². The van der Waals surface area contributed by atoms with Crippen molar-refractivity contribution in [2.75, 3.05) is 13.1 Å². The van der Waals surface area contributed by atoms with Gasteiger partial charge in [-0.15, -0.1) is 0 Å². The van der Waals surface area contributed by atoms with E-state index < -0.39 is 0 Å². The first-order valence-corrected chi connectivity index (χ1v) is 9.41. The number of nitrogens with two attached hydrogens (primary N) is 1. The van der Waals surface area contributed by atoms with Crippen molar-refractivity contribution in [1.82, 2.24) is 4.90 Å². The molecule has 4 unspecified atom stereocenters. The van der Waals surface area contributed by atoms with E-state index in [2.05, 4.69) is 32.6 Å². The SMILES string of the molecule is CCCC1CCC(N)C(N2CCCC(C(C)(C)C)CC2)C1. The Bertz CT molecular complexity index is 307. The highest BCUT2D eigenvalue weighted by atomic mass is 15.2. The van der Waals surface area contributed by atoms with Crippen molar-refractivity contribution in [3.8, 4) is 0 Å². The summed E-state index contributed by atoms with van der Waals surface area (Å²) in [6, 6.07) is 1.08. The van der Waals surface area contributed by atoms with Crippen molar-refractivity contribution in [3.63, 3.8) is 0 Å². The summed E-state index contributed by atoms with van der Waals surface area (Å²) < 4.78 is 0. The van der Waals surface area contributed by atoms with E-state index in [1.807, 2.05) is 0 Å². The Kier molecular flexibility index (Phi) is 6.14. The van der Waals surface area contributed by atoms with Gasteiger partial charge in [0, 0.05) is 12.1 Å². The first-order chi connectivity index (χ1) is 9.91. The topological polar surface area (TPSA) is 29.3 Å². The molecule has 0 radical (unpaired) electrons. The van der Waals surface area contributed by atoms with Gasteiger partial charge in [0.1, 0.15) is 0 Å². The van der Waals surface area contributed by atoms with Crippen LogP contribution in [0.15, 0.2) is 0 Å². The zero-order valence-electron chi connectivity index (χ0n) is 14.9. The molecule has 2 aliphatic rings. The van der Waals surface area contributed by atoms with Crippen LogP contribution in [-0.4, -0.2) is 30.1 Å². The number of likely N-dealkylation sites (tertiary alicyclic amines) is 1. The van der Waals surface area contributed by atoms with Crippen molar-refractivity contribution >= 4 is 0 Å². The molecule has 1 saturated heterocycles. The van der Waals surface area contributed by atoms with Gasteiger partial charge in [-0.1, -0.05) is 40.5 Å². The average Bonchev–Trinajstić information content (AvgIpc) is 2.66. The molecule has 21 heavy (non-hydrogen) atoms. The average molecular weight is 295 g/mol. The fraction of sp³-hybridized carbons (Fsp3) is 1.00. The van der Waals surface area contributed by atoms with Crippen molar-refractivity contribution in [1.29, 1.82) is 0 Å². The predicted octanol–water partition coefficient (Wildman–Crippen LogP) is 4.43. The Morgan fingerprint density at radius 2 is 1.81 bits per heavy atom. The smallest absolute Gasteiger partial charge is 0.0249 e. The zero-order chi connectivity index (χ0) is 15.5. The van der Waals surface area contributed by atoms with E-state index in [0.29, 0.717) is 17.5 Å². The molecule has 0 spiro atoms. The summed E-state index contributed by atoms with van der Waals surface area (Å²) in [5.41, 5.74) is 6.97. The Hall–Kier alpha value is -0.0800. The summed E-state index contributed by atoms with van der Waals surface area (Å²) >= 11 is 0. The van der Waals surface area contributed by atoms with Crippen LogP contribution in [-0.2, 0) is 0 Å². The van der Waals surface area contributed by atoms with E-state index in [1.54, 1.807) is 0 Å². The molecule has 0 aromatic rings. The van der Waals surface area contributed by atoms with E-state index in [9.17, 15) is 0 Å². The van der Waals surface area contributed by atoms with Gasteiger partial charge < -0.3 is 5.73 Å². The fourth-order valence-corrected chi connectivity index (χ4v) is 4.66. The molecule has 2 rings (SSSR count). The van der Waals surface area contributed by atoms with Gasteiger partial charge in [-0.2, -0.15) is 0 Å². The zero-order valence-corrected chi connectivity index (χ0v) is 14.9. The quantitative estimate of drug-likeness (QED) is 0.834. The number of hydrogen-bond donors (Lipinski definition) is 1. The van der Waals surface area contributed by atoms with Gasteiger partial charge in [0.05, 0.1) is 0 Å². The second-order valence-electron chi connectivity index (χ2n) is 8.73.